The molecule has 0 saturated heterocycles. The first-order valence-electron chi connectivity index (χ1n) is 15.2. The summed E-state index contributed by atoms with van der Waals surface area (Å²) in [5.41, 5.74) is 8.16. The fourth-order valence-electron chi connectivity index (χ4n) is 5.72. The topological polar surface area (TPSA) is 104 Å². The number of hydrogen-bond acceptors (Lipinski definition) is 7. The lowest BCUT2D eigenvalue weighted by atomic mass is 9.80. The highest BCUT2D eigenvalue weighted by molar-refractivity contribution is 5.75. The van der Waals surface area contributed by atoms with Gasteiger partial charge in [0, 0.05) is 11.6 Å². The second kappa shape index (κ2) is 14.3. The van der Waals surface area contributed by atoms with E-state index in [2.05, 4.69) is 26.8 Å². The van der Waals surface area contributed by atoms with Gasteiger partial charge in [0.25, 0.3) is 0 Å². The molecule has 1 aliphatic carbocycles. The van der Waals surface area contributed by atoms with Crippen LogP contribution in [0.3, 0.4) is 0 Å². The molecule has 7 nitrogen and oxygen atoms in total. The summed E-state index contributed by atoms with van der Waals surface area (Å²) < 4.78 is 23.6. The molecule has 0 radical (unpaired) electrons. The molecule has 1 saturated carbocycles. The zero-order valence-corrected chi connectivity index (χ0v) is 24.9. The largest absolute Gasteiger partial charge is 0.490 e. The van der Waals surface area contributed by atoms with E-state index in [-0.39, 0.29) is 17.8 Å². The lowest BCUT2D eigenvalue weighted by Crippen LogP contribution is -2.26. The third-order valence-corrected chi connectivity index (χ3v) is 8.11. The minimum absolute atomic E-state index is 0.0362. The number of nitrogens with two attached hydrogens (primary N) is 1. The second-order valence-electron chi connectivity index (χ2n) is 11.6. The Balaban J connectivity index is 1.54. The summed E-state index contributed by atoms with van der Waals surface area (Å²) in [4.78, 5) is 13.0. The molecule has 0 spiro atoms. The normalized spacial score (nSPS) is 20.1. The summed E-state index contributed by atoms with van der Waals surface area (Å²) in [5.74, 6) is 2.73. The highest BCUT2D eigenvalue weighted by Gasteiger charge is 2.33. The van der Waals surface area contributed by atoms with Crippen molar-refractivity contribution in [1.29, 1.82) is 5.26 Å². The predicted molar refractivity (Wildman–Crippen MR) is 159 cm³/mol. The fraction of sp³-hybridized carbons (Fsp3) is 0.529. The number of allylic oxidation sites excluding steroid dienone is 1. The first-order chi connectivity index (χ1) is 19.8. The number of hydrogen-bond donors (Lipinski definition) is 1. The van der Waals surface area contributed by atoms with E-state index >= 15 is 0 Å². The average molecular weight is 561 g/mol. The van der Waals surface area contributed by atoms with Gasteiger partial charge in [-0.2, -0.15) is 5.26 Å². The van der Waals surface area contributed by atoms with Crippen LogP contribution in [0, 0.1) is 29.1 Å². The molecule has 220 valence electrons. The molecule has 41 heavy (non-hydrogen) atoms. The molecule has 2 N–H and O–H groups in total. The molecule has 7 heteroatoms. The molecule has 0 bridgehead atoms. The standard InChI is InChI=1S/C34H44N2O5/c1-5-7-8-23-9-11-24(12-10-23)34(37)40-26-14-15-27-30(20-26)41-33(36)28(21-35)32(27)25-13-16-29(31(19-25)38-6-2)39-18-17-22(3)4/h13-16,19-20,22-24,32H,5-12,17-18,36H2,1-4H3. The number of carbonyl (C=O) groups excluding carboxylic acids is 1. The number of fused-ring (bicyclic) bond motifs is 1. The molecule has 1 heterocycles. The number of carbonyl (C=O) groups is 1. The molecule has 1 unspecified atom stereocenters. The van der Waals surface area contributed by atoms with Gasteiger partial charge in [0.05, 0.1) is 25.0 Å². The van der Waals surface area contributed by atoms with Gasteiger partial charge >= 0.3 is 5.97 Å². The van der Waals surface area contributed by atoms with Gasteiger partial charge in [0.2, 0.25) is 5.88 Å². The quantitative estimate of drug-likeness (QED) is 0.210. The number of rotatable bonds is 12. The Morgan fingerprint density at radius 3 is 2.54 bits per heavy atom. The number of benzene rings is 2. The Morgan fingerprint density at radius 1 is 1.07 bits per heavy atom. The Kier molecular flexibility index (Phi) is 10.6. The number of ether oxygens (including phenoxy) is 4. The van der Waals surface area contributed by atoms with Crippen molar-refractivity contribution in [1.82, 2.24) is 0 Å². The van der Waals surface area contributed by atoms with Crippen LogP contribution in [0.5, 0.6) is 23.0 Å². The molecular formula is C34H44N2O5. The first kappa shape index (κ1) is 30.3. The van der Waals surface area contributed by atoms with Gasteiger partial charge in [-0.05, 0) is 74.6 Å². The molecule has 1 aliphatic heterocycles. The van der Waals surface area contributed by atoms with Gasteiger partial charge in [-0.25, -0.2) is 0 Å². The zero-order chi connectivity index (χ0) is 29.4. The van der Waals surface area contributed by atoms with Crippen LogP contribution in [0.4, 0.5) is 0 Å². The monoisotopic (exact) mass is 560 g/mol. The highest BCUT2D eigenvalue weighted by atomic mass is 16.5. The SMILES string of the molecule is CCCCC1CCC(C(=O)Oc2ccc3c(c2)OC(N)=C(C#N)C3c2ccc(OCCC(C)C)c(OCC)c2)CC1. The molecule has 2 aromatic carbocycles. The van der Waals surface area contributed by atoms with Crippen molar-refractivity contribution in [3.05, 3.63) is 59.0 Å². The molecular weight excluding hydrogens is 516 g/mol. The zero-order valence-electron chi connectivity index (χ0n) is 24.9. The number of esters is 1. The van der Waals surface area contributed by atoms with Crippen molar-refractivity contribution in [2.75, 3.05) is 13.2 Å². The average Bonchev–Trinajstić information content (AvgIpc) is 2.96. The van der Waals surface area contributed by atoms with Crippen molar-refractivity contribution >= 4 is 5.97 Å². The lowest BCUT2D eigenvalue weighted by Gasteiger charge is -2.28. The predicted octanol–water partition coefficient (Wildman–Crippen LogP) is 7.63. The maximum absolute atomic E-state index is 13.0. The number of unbranched alkanes of at least 4 members (excludes halogenated alkanes) is 1. The van der Waals surface area contributed by atoms with Crippen molar-refractivity contribution in [3.63, 3.8) is 0 Å². The van der Waals surface area contributed by atoms with Gasteiger partial charge in [-0.1, -0.05) is 52.2 Å². The molecule has 0 aromatic heterocycles. The highest BCUT2D eigenvalue weighted by Crippen LogP contribution is 2.45. The van der Waals surface area contributed by atoms with Gasteiger partial charge in [-0.15, -0.1) is 0 Å². The number of nitriles is 1. The summed E-state index contributed by atoms with van der Waals surface area (Å²) >= 11 is 0. The molecule has 0 amide bonds. The van der Waals surface area contributed by atoms with Gasteiger partial charge in [-0.3, -0.25) is 4.79 Å². The summed E-state index contributed by atoms with van der Waals surface area (Å²) in [6.45, 7) is 9.53. The van der Waals surface area contributed by atoms with Crippen LogP contribution in [0.2, 0.25) is 0 Å². The third kappa shape index (κ3) is 7.55. The van der Waals surface area contributed by atoms with Crippen molar-refractivity contribution in [2.24, 2.45) is 23.5 Å². The van der Waals surface area contributed by atoms with Gasteiger partial charge in [0.1, 0.15) is 23.1 Å². The van der Waals surface area contributed by atoms with E-state index in [1.54, 1.807) is 12.1 Å². The summed E-state index contributed by atoms with van der Waals surface area (Å²) in [5, 5.41) is 10.0. The Morgan fingerprint density at radius 2 is 1.85 bits per heavy atom. The van der Waals surface area contributed by atoms with E-state index < -0.39 is 5.92 Å². The molecule has 1 atom stereocenters. The van der Waals surface area contributed by atoms with Crippen LogP contribution in [-0.2, 0) is 4.79 Å². The third-order valence-electron chi connectivity index (χ3n) is 8.11. The number of nitrogens with zero attached hydrogens (tertiary/aromatic N) is 1. The summed E-state index contributed by atoms with van der Waals surface area (Å²) in [7, 11) is 0. The van der Waals surface area contributed by atoms with E-state index in [0.29, 0.717) is 47.7 Å². The van der Waals surface area contributed by atoms with Crippen molar-refractivity contribution in [2.45, 2.75) is 85.0 Å². The maximum atomic E-state index is 13.0. The summed E-state index contributed by atoms with van der Waals surface area (Å²) in [6, 6.07) is 13.3. The first-order valence-corrected chi connectivity index (χ1v) is 15.2. The van der Waals surface area contributed by atoms with Crippen LogP contribution >= 0.6 is 0 Å². The maximum Gasteiger partial charge on any atom is 0.314 e. The van der Waals surface area contributed by atoms with E-state index in [9.17, 15) is 10.1 Å². The van der Waals surface area contributed by atoms with Gasteiger partial charge in [0.15, 0.2) is 11.5 Å². The van der Waals surface area contributed by atoms with Gasteiger partial charge < -0.3 is 24.7 Å². The van der Waals surface area contributed by atoms with E-state index in [0.717, 1.165) is 49.1 Å². The minimum Gasteiger partial charge on any atom is -0.490 e. The van der Waals surface area contributed by atoms with Crippen LogP contribution < -0.4 is 24.7 Å². The molecule has 2 aliphatic rings. The minimum atomic E-state index is -0.462. The Hall–Kier alpha value is -3.66. The molecule has 1 fully saturated rings. The Labute approximate surface area is 244 Å². The van der Waals surface area contributed by atoms with E-state index in [1.165, 1.54) is 19.3 Å². The smallest absolute Gasteiger partial charge is 0.314 e. The Bertz CT molecular complexity index is 1270. The van der Waals surface area contributed by atoms with Crippen molar-refractivity contribution in [3.8, 4) is 29.1 Å². The van der Waals surface area contributed by atoms with Crippen LogP contribution in [-0.4, -0.2) is 19.2 Å². The van der Waals surface area contributed by atoms with Crippen molar-refractivity contribution < 1.29 is 23.7 Å². The molecule has 4 rings (SSSR count). The van der Waals surface area contributed by atoms with Crippen LogP contribution in [0.25, 0.3) is 0 Å². The van der Waals surface area contributed by atoms with Crippen LogP contribution in [0.15, 0.2) is 47.9 Å². The van der Waals surface area contributed by atoms with E-state index in [4.69, 9.17) is 24.7 Å². The van der Waals surface area contributed by atoms with E-state index in [1.807, 2.05) is 31.2 Å². The fourth-order valence-corrected chi connectivity index (χ4v) is 5.72. The second-order valence-corrected chi connectivity index (χ2v) is 11.6. The lowest BCUT2D eigenvalue weighted by molar-refractivity contribution is -0.140. The molecule has 2 aromatic rings. The summed E-state index contributed by atoms with van der Waals surface area (Å²) in [6.07, 6.45) is 8.56. The van der Waals surface area contributed by atoms with Crippen LogP contribution in [0.1, 0.15) is 96.1 Å².